The number of nitrogens with zero attached hydrogens (tertiary/aromatic N) is 2. The Kier molecular flexibility index (Phi) is 6.06. The lowest BCUT2D eigenvalue weighted by Gasteiger charge is -2.06. The fourth-order valence-electron chi connectivity index (χ4n) is 2.53. The first-order valence-electron chi connectivity index (χ1n) is 8.60. The molecule has 0 heterocycles. The number of alkyl halides is 3. The van der Waals surface area contributed by atoms with Crippen LogP contribution in [0.1, 0.15) is 5.56 Å². The largest absolute Gasteiger partial charge is 0.416 e. The van der Waals surface area contributed by atoms with Crippen molar-refractivity contribution in [1.29, 1.82) is 0 Å². The van der Waals surface area contributed by atoms with Crippen molar-refractivity contribution >= 4 is 17.1 Å². The zero-order chi connectivity index (χ0) is 20.0. The van der Waals surface area contributed by atoms with Crippen LogP contribution >= 0.6 is 0 Å². The zero-order valence-corrected chi connectivity index (χ0v) is 14.8. The molecule has 0 spiro atoms. The SMILES string of the molecule is OCCNc1ccc(-c2ccc(N=Nc3ccc(C(F)(F)F)cc3)cc2)cc1. The fourth-order valence-corrected chi connectivity index (χ4v) is 2.53. The molecule has 0 aliphatic rings. The van der Waals surface area contributed by atoms with E-state index in [0.717, 1.165) is 28.9 Å². The van der Waals surface area contributed by atoms with Crippen LogP contribution in [-0.4, -0.2) is 18.3 Å². The quantitative estimate of drug-likeness (QED) is 0.497. The van der Waals surface area contributed by atoms with Crippen molar-refractivity contribution in [3.05, 3.63) is 78.4 Å². The maximum absolute atomic E-state index is 12.6. The topological polar surface area (TPSA) is 57.0 Å². The number of hydrogen-bond donors (Lipinski definition) is 2. The average molecular weight is 385 g/mol. The van der Waals surface area contributed by atoms with Gasteiger partial charge in [-0.1, -0.05) is 24.3 Å². The summed E-state index contributed by atoms with van der Waals surface area (Å²) in [6, 6.07) is 19.7. The van der Waals surface area contributed by atoms with Gasteiger partial charge >= 0.3 is 6.18 Å². The number of benzene rings is 3. The van der Waals surface area contributed by atoms with Gasteiger partial charge in [0.15, 0.2) is 0 Å². The van der Waals surface area contributed by atoms with Gasteiger partial charge in [-0.2, -0.15) is 23.4 Å². The number of aliphatic hydroxyl groups excluding tert-OH is 1. The van der Waals surface area contributed by atoms with Gasteiger partial charge in [0.1, 0.15) is 0 Å². The summed E-state index contributed by atoms with van der Waals surface area (Å²) in [6.07, 6.45) is -4.36. The minimum Gasteiger partial charge on any atom is -0.395 e. The molecular formula is C21H18F3N3O. The molecule has 0 atom stereocenters. The van der Waals surface area contributed by atoms with Crippen molar-refractivity contribution in [2.24, 2.45) is 10.2 Å². The smallest absolute Gasteiger partial charge is 0.395 e. The molecule has 0 unspecified atom stereocenters. The van der Waals surface area contributed by atoms with Crippen molar-refractivity contribution in [1.82, 2.24) is 0 Å². The van der Waals surface area contributed by atoms with Crippen LogP contribution in [0.2, 0.25) is 0 Å². The molecule has 3 aromatic rings. The second-order valence-electron chi connectivity index (χ2n) is 6.02. The Morgan fingerprint density at radius 3 is 1.64 bits per heavy atom. The molecule has 0 aliphatic carbocycles. The predicted octanol–water partition coefficient (Wildman–Crippen LogP) is 6.19. The van der Waals surface area contributed by atoms with Gasteiger partial charge in [0.05, 0.1) is 23.5 Å². The Morgan fingerprint density at radius 2 is 1.18 bits per heavy atom. The van der Waals surface area contributed by atoms with E-state index in [9.17, 15) is 13.2 Å². The standard InChI is InChI=1S/C21H18F3N3O/c22-21(23,24)17-5-11-20(12-6-17)27-26-19-9-3-16(4-10-19)15-1-7-18(8-2-15)25-13-14-28/h1-12,25,28H,13-14H2. The molecule has 3 aromatic carbocycles. The van der Waals surface area contributed by atoms with Gasteiger partial charge in [-0.15, -0.1) is 0 Å². The summed E-state index contributed by atoms with van der Waals surface area (Å²) in [5, 5.41) is 19.9. The highest BCUT2D eigenvalue weighted by molar-refractivity contribution is 5.67. The van der Waals surface area contributed by atoms with Crippen molar-refractivity contribution in [2.45, 2.75) is 6.18 Å². The number of rotatable bonds is 6. The molecular weight excluding hydrogens is 367 g/mol. The Labute approximate surface area is 160 Å². The van der Waals surface area contributed by atoms with E-state index >= 15 is 0 Å². The van der Waals surface area contributed by atoms with Crippen molar-refractivity contribution < 1.29 is 18.3 Å². The van der Waals surface area contributed by atoms with Crippen LogP contribution in [0.15, 0.2) is 83.0 Å². The van der Waals surface area contributed by atoms with Crippen molar-refractivity contribution in [2.75, 3.05) is 18.5 Å². The van der Waals surface area contributed by atoms with Gasteiger partial charge in [0.25, 0.3) is 0 Å². The predicted molar refractivity (Wildman–Crippen MR) is 103 cm³/mol. The minimum absolute atomic E-state index is 0.0737. The third-order valence-electron chi connectivity index (χ3n) is 4.00. The van der Waals surface area contributed by atoms with Crippen LogP contribution in [-0.2, 0) is 6.18 Å². The van der Waals surface area contributed by atoms with Crippen molar-refractivity contribution in [3.63, 3.8) is 0 Å². The highest BCUT2D eigenvalue weighted by Crippen LogP contribution is 2.31. The molecule has 0 amide bonds. The number of hydrogen-bond acceptors (Lipinski definition) is 4. The van der Waals surface area contributed by atoms with Gasteiger partial charge in [-0.25, -0.2) is 0 Å². The van der Waals surface area contributed by atoms with Gasteiger partial charge < -0.3 is 10.4 Å². The zero-order valence-electron chi connectivity index (χ0n) is 14.8. The summed E-state index contributed by atoms with van der Waals surface area (Å²) < 4.78 is 37.7. The first kappa shape index (κ1) is 19.6. The van der Waals surface area contributed by atoms with E-state index in [1.807, 2.05) is 36.4 Å². The second kappa shape index (κ2) is 8.67. The van der Waals surface area contributed by atoms with Crippen LogP contribution < -0.4 is 5.32 Å². The van der Waals surface area contributed by atoms with Crippen LogP contribution in [0.4, 0.5) is 30.2 Å². The van der Waals surface area contributed by atoms with E-state index in [1.54, 1.807) is 12.1 Å². The molecule has 144 valence electrons. The van der Waals surface area contributed by atoms with E-state index < -0.39 is 11.7 Å². The molecule has 0 saturated carbocycles. The minimum atomic E-state index is -4.36. The maximum atomic E-state index is 12.6. The number of nitrogens with one attached hydrogen (secondary N) is 1. The molecule has 0 aliphatic heterocycles. The number of anilines is 1. The maximum Gasteiger partial charge on any atom is 0.416 e. The highest BCUT2D eigenvalue weighted by Gasteiger charge is 2.29. The Bertz CT molecular complexity index is 919. The lowest BCUT2D eigenvalue weighted by molar-refractivity contribution is -0.137. The Hall–Kier alpha value is -3.19. The fraction of sp³-hybridized carbons (Fsp3) is 0.143. The molecule has 0 radical (unpaired) electrons. The molecule has 0 fully saturated rings. The van der Waals surface area contributed by atoms with E-state index in [2.05, 4.69) is 15.5 Å². The molecule has 0 saturated heterocycles. The summed E-state index contributed by atoms with van der Waals surface area (Å²) in [5.74, 6) is 0. The number of aliphatic hydroxyl groups is 1. The van der Waals surface area contributed by atoms with Gasteiger partial charge in [0.2, 0.25) is 0 Å². The van der Waals surface area contributed by atoms with E-state index in [4.69, 9.17) is 5.11 Å². The van der Waals surface area contributed by atoms with Crippen LogP contribution in [0.25, 0.3) is 11.1 Å². The van der Waals surface area contributed by atoms with Crippen LogP contribution in [0, 0.1) is 0 Å². The second-order valence-corrected chi connectivity index (χ2v) is 6.02. The van der Waals surface area contributed by atoms with Gasteiger partial charge in [-0.05, 0) is 59.7 Å². The summed E-state index contributed by atoms with van der Waals surface area (Å²) in [7, 11) is 0. The molecule has 2 N–H and O–H groups in total. The molecule has 7 heteroatoms. The monoisotopic (exact) mass is 385 g/mol. The summed E-state index contributed by atoms with van der Waals surface area (Å²) in [6.45, 7) is 0.572. The molecule has 28 heavy (non-hydrogen) atoms. The number of halogens is 3. The van der Waals surface area contributed by atoms with Crippen molar-refractivity contribution in [3.8, 4) is 11.1 Å². The summed E-state index contributed by atoms with van der Waals surface area (Å²) in [4.78, 5) is 0. The number of azo groups is 1. The molecule has 0 aromatic heterocycles. The summed E-state index contributed by atoms with van der Waals surface area (Å²) >= 11 is 0. The van der Waals surface area contributed by atoms with Crippen LogP contribution in [0.5, 0.6) is 0 Å². The van der Waals surface area contributed by atoms with E-state index in [-0.39, 0.29) is 6.61 Å². The van der Waals surface area contributed by atoms with E-state index in [0.29, 0.717) is 17.9 Å². The molecule has 4 nitrogen and oxygen atoms in total. The lowest BCUT2D eigenvalue weighted by atomic mass is 10.1. The highest BCUT2D eigenvalue weighted by atomic mass is 19.4. The van der Waals surface area contributed by atoms with Crippen LogP contribution in [0.3, 0.4) is 0 Å². The third-order valence-corrected chi connectivity index (χ3v) is 4.00. The lowest BCUT2D eigenvalue weighted by Crippen LogP contribution is -2.04. The normalized spacial score (nSPS) is 11.7. The summed E-state index contributed by atoms with van der Waals surface area (Å²) in [5.41, 5.74) is 3.20. The van der Waals surface area contributed by atoms with Gasteiger partial charge in [-0.3, -0.25) is 0 Å². The first-order valence-corrected chi connectivity index (χ1v) is 8.60. The Balaban J connectivity index is 1.66. The third kappa shape index (κ3) is 5.17. The van der Waals surface area contributed by atoms with E-state index in [1.165, 1.54) is 12.1 Å². The molecule has 0 bridgehead atoms. The Morgan fingerprint density at radius 1 is 0.714 bits per heavy atom. The average Bonchev–Trinajstić information content (AvgIpc) is 2.71. The van der Waals surface area contributed by atoms with Gasteiger partial charge in [0, 0.05) is 12.2 Å². The molecule has 3 rings (SSSR count). The first-order chi connectivity index (χ1) is 13.5.